The number of aromatic nitrogens is 2. The van der Waals surface area contributed by atoms with Crippen LogP contribution in [0.3, 0.4) is 0 Å². The Kier molecular flexibility index (Phi) is 5.17. The van der Waals surface area contributed by atoms with Crippen LogP contribution in [0.4, 0.5) is 0 Å². The van der Waals surface area contributed by atoms with Gasteiger partial charge in [0.05, 0.1) is 16.4 Å². The molecule has 0 aromatic carbocycles. The van der Waals surface area contributed by atoms with Crippen LogP contribution in [-0.4, -0.2) is 16.5 Å². The van der Waals surface area contributed by atoms with Gasteiger partial charge in [0.15, 0.2) is 0 Å². The van der Waals surface area contributed by atoms with E-state index >= 15 is 0 Å². The van der Waals surface area contributed by atoms with Crippen LogP contribution in [0.5, 0.6) is 0 Å². The smallest absolute Gasteiger partial charge is 0.116 e. The van der Waals surface area contributed by atoms with Crippen LogP contribution in [0.2, 0.25) is 0 Å². The van der Waals surface area contributed by atoms with Gasteiger partial charge in [-0.1, -0.05) is 41.5 Å². The molecule has 2 heterocycles. The summed E-state index contributed by atoms with van der Waals surface area (Å²) in [5.41, 5.74) is 2.37. The summed E-state index contributed by atoms with van der Waals surface area (Å²) in [5.74, 6) is 0.470. The Hall–Kier alpha value is -0.780. The minimum absolute atomic E-state index is 0.103. The van der Waals surface area contributed by atoms with Crippen molar-refractivity contribution in [2.75, 3.05) is 6.54 Å². The predicted molar refractivity (Wildman–Crippen MR) is 92.5 cm³/mol. The van der Waals surface area contributed by atoms with E-state index in [0.29, 0.717) is 5.92 Å². The monoisotopic (exact) mass is 323 g/mol. The van der Waals surface area contributed by atoms with Gasteiger partial charge in [-0.3, -0.25) is 0 Å². The summed E-state index contributed by atoms with van der Waals surface area (Å²) in [5, 5.41) is 10.2. The average molecular weight is 324 g/mol. The molecule has 1 unspecified atom stereocenters. The van der Waals surface area contributed by atoms with Crippen molar-refractivity contribution in [2.45, 2.75) is 58.9 Å². The number of rotatable bonds is 5. The van der Waals surface area contributed by atoms with Crippen molar-refractivity contribution in [3.63, 3.8) is 0 Å². The quantitative estimate of drug-likeness (QED) is 0.865. The fraction of sp³-hybridized carbons (Fsp3) is 0.625. The van der Waals surface area contributed by atoms with Gasteiger partial charge >= 0.3 is 0 Å². The SMILES string of the molecule is CCNC(c1csc(C(C)(C)C)n1)c1nc(C(C)C)cs1. The Morgan fingerprint density at radius 2 is 1.76 bits per heavy atom. The highest BCUT2D eigenvalue weighted by Gasteiger charge is 2.24. The standard InChI is InChI=1S/C16H25N3S2/c1-7-17-13(14-18-11(8-20-14)10(2)3)12-9-21-15(19-12)16(4,5)6/h8-10,13,17H,7H2,1-6H3. The third-order valence-corrected chi connectivity index (χ3v) is 5.46. The Morgan fingerprint density at radius 3 is 2.24 bits per heavy atom. The first kappa shape index (κ1) is 16.6. The van der Waals surface area contributed by atoms with Gasteiger partial charge in [0.2, 0.25) is 0 Å². The lowest BCUT2D eigenvalue weighted by Crippen LogP contribution is -2.22. The van der Waals surface area contributed by atoms with Crippen LogP contribution >= 0.6 is 22.7 Å². The van der Waals surface area contributed by atoms with Crippen molar-refractivity contribution < 1.29 is 0 Å². The molecule has 0 aliphatic rings. The van der Waals surface area contributed by atoms with Gasteiger partial charge in [-0.15, -0.1) is 22.7 Å². The van der Waals surface area contributed by atoms with Gasteiger partial charge in [0.1, 0.15) is 11.0 Å². The molecule has 5 heteroatoms. The van der Waals surface area contributed by atoms with Gasteiger partial charge in [-0.05, 0) is 12.5 Å². The lowest BCUT2D eigenvalue weighted by atomic mass is 9.98. The Bertz CT molecular complexity index is 578. The molecule has 1 atom stereocenters. The van der Waals surface area contributed by atoms with Gasteiger partial charge < -0.3 is 5.32 Å². The van der Waals surface area contributed by atoms with Crippen LogP contribution in [-0.2, 0) is 5.41 Å². The highest BCUT2D eigenvalue weighted by molar-refractivity contribution is 7.10. The number of nitrogens with zero attached hydrogens (tertiary/aromatic N) is 2. The Morgan fingerprint density at radius 1 is 1.10 bits per heavy atom. The topological polar surface area (TPSA) is 37.8 Å². The summed E-state index contributed by atoms with van der Waals surface area (Å²) in [6.07, 6.45) is 0. The van der Waals surface area contributed by atoms with Crippen molar-refractivity contribution in [3.8, 4) is 0 Å². The van der Waals surface area contributed by atoms with Crippen molar-refractivity contribution in [1.82, 2.24) is 15.3 Å². The van der Waals surface area contributed by atoms with Crippen LogP contribution in [0.25, 0.3) is 0 Å². The summed E-state index contributed by atoms with van der Waals surface area (Å²) in [6.45, 7) is 14.0. The molecule has 2 rings (SSSR count). The molecule has 2 aromatic rings. The van der Waals surface area contributed by atoms with Crippen LogP contribution in [0, 0.1) is 0 Å². The van der Waals surface area contributed by atoms with E-state index in [2.05, 4.69) is 57.6 Å². The Labute approximate surface area is 135 Å². The second kappa shape index (κ2) is 6.55. The molecule has 0 bridgehead atoms. The largest absolute Gasteiger partial charge is 0.303 e. The van der Waals surface area contributed by atoms with Gasteiger partial charge in [0, 0.05) is 16.2 Å². The van der Waals surface area contributed by atoms with Crippen LogP contribution < -0.4 is 5.32 Å². The molecule has 116 valence electrons. The van der Waals surface area contributed by atoms with E-state index in [9.17, 15) is 0 Å². The van der Waals surface area contributed by atoms with E-state index in [4.69, 9.17) is 9.97 Å². The van der Waals surface area contributed by atoms with E-state index in [1.807, 2.05) is 0 Å². The third-order valence-electron chi connectivity index (χ3n) is 3.25. The zero-order chi connectivity index (χ0) is 15.6. The molecule has 0 saturated carbocycles. The van der Waals surface area contributed by atoms with Crippen LogP contribution in [0.1, 0.15) is 74.9 Å². The van der Waals surface area contributed by atoms with E-state index in [1.165, 1.54) is 10.7 Å². The second-order valence-electron chi connectivity index (χ2n) is 6.58. The molecule has 0 radical (unpaired) electrons. The minimum atomic E-state index is 0.103. The first-order valence-corrected chi connectivity index (χ1v) is 9.23. The fourth-order valence-corrected chi connectivity index (χ4v) is 3.98. The lowest BCUT2D eigenvalue weighted by molar-refractivity contribution is 0.569. The maximum Gasteiger partial charge on any atom is 0.116 e. The highest BCUT2D eigenvalue weighted by Crippen LogP contribution is 2.32. The van der Waals surface area contributed by atoms with E-state index < -0.39 is 0 Å². The summed E-state index contributed by atoms with van der Waals surface area (Å²) in [6, 6.07) is 0.111. The summed E-state index contributed by atoms with van der Waals surface area (Å²) < 4.78 is 0. The minimum Gasteiger partial charge on any atom is -0.303 e. The molecule has 1 N–H and O–H groups in total. The molecule has 0 aliphatic carbocycles. The van der Waals surface area contributed by atoms with E-state index in [0.717, 1.165) is 17.2 Å². The number of nitrogens with one attached hydrogen (secondary N) is 1. The fourth-order valence-electron chi connectivity index (χ4n) is 1.98. The van der Waals surface area contributed by atoms with E-state index in [-0.39, 0.29) is 11.5 Å². The maximum absolute atomic E-state index is 4.85. The van der Waals surface area contributed by atoms with Crippen molar-refractivity contribution in [2.24, 2.45) is 0 Å². The zero-order valence-corrected chi connectivity index (χ0v) is 15.4. The maximum atomic E-state index is 4.85. The summed E-state index contributed by atoms with van der Waals surface area (Å²) in [7, 11) is 0. The molecular formula is C16H25N3S2. The number of hydrogen-bond donors (Lipinski definition) is 1. The molecule has 0 aliphatic heterocycles. The molecule has 0 amide bonds. The van der Waals surface area contributed by atoms with Crippen molar-refractivity contribution in [3.05, 3.63) is 32.2 Å². The number of thiazole rings is 2. The van der Waals surface area contributed by atoms with Crippen molar-refractivity contribution >= 4 is 22.7 Å². The highest BCUT2D eigenvalue weighted by atomic mass is 32.1. The van der Waals surface area contributed by atoms with Gasteiger partial charge in [-0.2, -0.15) is 0 Å². The molecule has 0 spiro atoms. The average Bonchev–Trinajstić information content (AvgIpc) is 3.04. The molecule has 0 fully saturated rings. The second-order valence-corrected chi connectivity index (χ2v) is 8.33. The Balaban J connectivity index is 2.31. The first-order chi connectivity index (χ1) is 9.82. The normalized spacial score (nSPS) is 13.9. The van der Waals surface area contributed by atoms with Gasteiger partial charge in [-0.25, -0.2) is 9.97 Å². The third kappa shape index (κ3) is 3.90. The molecule has 0 saturated heterocycles. The molecule has 2 aromatic heterocycles. The molecule has 3 nitrogen and oxygen atoms in total. The predicted octanol–water partition coefficient (Wildman–Crippen LogP) is 4.72. The first-order valence-electron chi connectivity index (χ1n) is 7.47. The van der Waals surface area contributed by atoms with Gasteiger partial charge in [0.25, 0.3) is 0 Å². The van der Waals surface area contributed by atoms with E-state index in [1.54, 1.807) is 22.7 Å². The molecular weight excluding hydrogens is 298 g/mol. The lowest BCUT2D eigenvalue weighted by Gasteiger charge is -2.15. The zero-order valence-electron chi connectivity index (χ0n) is 13.7. The van der Waals surface area contributed by atoms with Crippen LogP contribution in [0.15, 0.2) is 10.8 Å². The summed E-state index contributed by atoms with van der Waals surface area (Å²) in [4.78, 5) is 9.65. The van der Waals surface area contributed by atoms with Crippen molar-refractivity contribution in [1.29, 1.82) is 0 Å². The molecule has 21 heavy (non-hydrogen) atoms. The number of hydrogen-bond acceptors (Lipinski definition) is 5. The summed E-state index contributed by atoms with van der Waals surface area (Å²) >= 11 is 3.47.